The second-order valence-electron chi connectivity index (χ2n) is 1.97. The highest BCUT2D eigenvalue weighted by Gasteiger charge is 2.25. The summed E-state index contributed by atoms with van der Waals surface area (Å²) in [5, 5.41) is 0. The zero-order valence-corrected chi connectivity index (χ0v) is 7.05. The van der Waals surface area contributed by atoms with Gasteiger partial charge in [-0.05, 0) is 0 Å². The lowest BCUT2D eigenvalue weighted by molar-refractivity contribution is -0.137. The summed E-state index contributed by atoms with van der Waals surface area (Å²) >= 11 is 0. The monoisotopic (exact) mass is 165 g/mol. The summed E-state index contributed by atoms with van der Waals surface area (Å²) < 4.78 is 19.0. The van der Waals surface area contributed by atoms with Crippen molar-refractivity contribution in [2.24, 2.45) is 5.92 Å². The summed E-state index contributed by atoms with van der Waals surface area (Å²) in [6.07, 6.45) is 0. The van der Waals surface area contributed by atoms with Gasteiger partial charge in [0.1, 0.15) is 0 Å². The number of hydrogen-bond acceptors (Lipinski definition) is 4. The smallest absolute Gasteiger partial charge is 0.246 e. The summed E-state index contributed by atoms with van der Waals surface area (Å²) in [7, 11) is -1.04. The van der Waals surface area contributed by atoms with Gasteiger partial charge < -0.3 is 0 Å². The molecule has 5 heteroatoms. The van der Waals surface area contributed by atoms with E-state index >= 15 is 0 Å². The molecule has 0 spiro atoms. The van der Waals surface area contributed by atoms with Crippen LogP contribution in [0.15, 0.2) is 0 Å². The van der Waals surface area contributed by atoms with Gasteiger partial charge in [0.25, 0.3) is 0 Å². The second kappa shape index (κ2) is 4.36. The van der Waals surface area contributed by atoms with E-state index in [1.54, 1.807) is 13.8 Å². The Balaban J connectivity index is 3.69. The van der Waals surface area contributed by atoms with Crippen LogP contribution in [-0.4, -0.2) is 13.1 Å². The van der Waals surface area contributed by atoms with Crippen LogP contribution in [-0.2, 0) is 18.4 Å². The first-order valence-corrected chi connectivity index (χ1v) is 3.90. The van der Waals surface area contributed by atoms with Crippen molar-refractivity contribution >= 4 is 14.2 Å². The summed E-state index contributed by atoms with van der Waals surface area (Å²) in [5.74, 6) is -0.780. The topological polar surface area (TPSA) is 52.6 Å². The van der Waals surface area contributed by atoms with Gasteiger partial charge in [0.2, 0.25) is 0 Å². The highest BCUT2D eigenvalue weighted by molar-refractivity contribution is 7.34. The molecular weight excluding hydrogens is 155 g/mol. The molecule has 10 heavy (non-hydrogen) atoms. The van der Waals surface area contributed by atoms with Crippen LogP contribution < -0.4 is 0 Å². The first kappa shape index (κ1) is 9.53. The Kier molecular flexibility index (Phi) is 4.16. The third kappa shape index (κ3) is 3.54. The number of hydrogen-bond donors (Lipinski definition) is 0. The lowest BCUT2D eigenvalue weighted by Crippen LogP contribution is -2.07. The molecule has 0 saturated carbocycles. The normalized spacial score (nSPS) is 11.4. The van der Waals surface area contributed by atoms with Crippen LogP contribution >= 0.6 is 8.25 Å². The van der Waals surface area contributed by atoms with E-state index in [1.807, 2.05) is 0 Å². The van der Waals surface area contributed by atoms with Gasteiger partial charge in [-0.25, -0.2) is 4.79 Å². The molecule has 0 aromatic heterocycles. The van der Waals surface area contributed by atoms with Gasteiger partial charge in [0.05, 0.1) is 13.0 Å². The maximum atomic E-state index is 10.6. The van der Waals surface area contributed by atoms with Gasteiger partial charge in [-0.15, -0.1) is 4.52 Å². The molecule has 0 amide bonds. The van der Waals surface area contributed by atoms with E-state index in [4.69, 9.17) is 0 Å². The van der Waals surface area contributed by atoms with E-state index in [0.717, 1.165) is 0 Å². The molecule has 4 nitrogen and oxygen atoms in total. The molecule has 1 unspecified atom stereocenters. The average Bonchev–Trinajstić information content (AvgIpc) is 1.87. The molecule has 0 bridgehead atoms. The van der Waals surface area contributed by atoms with Gasteiger partial charge in [-0.3, -0.25) is 0 Å². The first-order chi connectivity index (χ1) is 4.57. The molecule has 0 saturated heterocycles. The van der Waals surface area contributed by atoms with Crippen molar-refractivity contribution in [3.05, 3.63) is 0 Å². The molecule has 0 aromatic rings. The summed E-state index contributed by atoms with van der Waals surface area (Å²) in [6.45, 7) is 3.31. The fourth-order valence-corrected chi connectivity index (χ4v) is 0.648. The van der Waals surface area contributed by atoms with Gasteiger partial charge in [-0.1, -0.05) is 13.8 Å². The molecule has 0 radical (unpaired) electrons. The highest BCUT2D eigenvalue weighted by Crippen LogP contribution is 2.23. The van der Waals surface area contributed by atoms with Crippen molar-refractivity contribution in [1.82, 2.24) is 0 Å². The molecule has 0 aromatic carbocycles. The van der Waals surface area contributed by atoms with Crippen LogP contribution in [0.25, 0.3) is 0 Å². The van der Waals surface area contributed by atoms with Gasteiger partial charge >= 0.3 is 14.2 Å². The maximum absolute atomic E-state index is 10.6. The number of rotatable bonds is 3. The molecule has 0 aliphatic heterocycles. The molecule has 1 atom stereocenters. The highest BCUT2D eigenvalue weighted by atomic mass is 31.1. The Morgan fingerprint density at radius 3 is 2.30 bits per heavy atom. The zero-order chi connectivity index (χ0) is 8.15. The predicted octanol–water partition coefficient (Wildman–Crippen LogP) is 1.49. The van der Waals surface area contributed by atoms with E-state index in [-0.39, 0.29) is 5.92 Å². The van der Waals surface area contributed by atoms with Crippen molar-refractivity contribution in [1.29, 1.82) is 0 Å². The number of carbonyl (C=O) groups is 1. The minimum atomic E-state index is -2.25. The third-order valence-electron chi connectivity index (χ3n) is 0.785. The van der Waals surface area contributed by atoms with Gasteiger partial charge in [0, 0.05) is 4.57 Å². The van der Waals surface area contributed by atoms with Crippen LogP contribution in [0.2, 0.25) is 0 Å². The van der Waals surface area contributed by atoms with Crippen LogP contribution in [0.5, 0.6) is 0 Å². The summed E-state index contributed by atoms with van der Waals surface area (Å²) in [5.41, 5.74) is 0. The Bertz CT molecular complexity index is 143. The van der Waals surface area contributed by atoms with E-state index in [9.17, 15) is 9.36 Å². The van der Waals surface area contributed by atoms with E-state index in [0.29, 0.717) is 0 Å². The summed E-state index contributed by atoms with van der Waals surface area (Å²) in [6, 6.07) is 0. The fourth-order valence-electron chi connectivity index (χ4n) is 0.216. The van der Waals surface area contributed by atoms with Crippen LogP contribution in [0.1, 0.15) is 13.8 Å². The molecular formula is C5H10O4P+. The molecule has 58 valence electrons. The lowest BCUT2D eigenvalue weighted by atomic mass is 10.2. The number of carbonyl (C=O) groups excluding carboxylic acids is 1. The van der Waals surface area contributed by atoms with Gasteiger partial charge in [-0.2, -0.15) is 4.52 Å². The molecule has 0 rings (SSSR count). The average molecular weight is 165 g/mol. The maximum Gasteiger partial charge on any atom is 0.752 e. The minimum Gasteiger partial charge on any atom is -0.246 e. The van der Waals surface area contributed by atoms with E-state index < -0.39 is 14.2 Å². The SMILES string of the molecule is CO[P+](=O)OC(=O)C(C)C. The molecule has 0 heterocycles. The van der Waals surface area contributed by atoms with Crippen molar-refractivity contribution in [2.45, 2.75) is 13.8 Å². The van der Waals surface area contributed by atoms with Crippen molar-refractivity contribution in [2.75, 3.05) is 7.11 Å². The Hall–Kier alpha value is -0.470. The quantitative estimate of drug-likeness (QED) is 0.594. The van der Waals surface area contributed by atoms with Crippen LogP contribution in [0, 0.1) is 5.92 Å². The standard InChI is InChI=1S/C5H10O4P/c1-4(2)5(6)9-10(7)8-3/h4H,1-3H3/q+1. The fraction of sp³-hybridized carbons (Fsp3) is 0.800. The third-order valence-corrected chi connectivity index (χ3v) is 1.41. The van der Waals surface area contributed by atoms with Crippen LogP contribution in [0.3, 0.4) is 0 Å². The Morgan fingerprint density at radius 2 is 2.00 bits per heavy atom. The van der Waals surface area contributed by atoms with Gasteiger partial charge in [0.15, 0.2) is 0 Å². The lowest BCUT2D eigenvalue weighted by Gasteiger charge is -1.92. The second-order valence-corrected chi connectivity index (χ2v) is 2.97. The summed E-state index contributed by atoms with van der Waals surface area (Å²) in [4.78, 5) is 10.6. The predicted molar refractivity (Wildman–Crippen MR) is 35.5 cm³/mol. The Labute approximate surface area is 60.5 Å². The zero-order valence-electron chi connectivity index (χ0n) is 6.16. The Morgan fingerprint density at radius 1 is 1.50 bits per heavy atom. The van der Waals surface area contributed by atoms with E-state index in [2.05, 4.69) is 9.05 Å². The van der Waals surface area contributed by atoms with Crippen molar-refractivity contribution in [3.63, 3.8) is 0 Å². The largest absolute Gasteiger partial charge is 0.752 e. The molecule has 0 aliphatic rings. The molecule has 0 N–H and O–H groups in total. The van der Waals surface area contributed by atoms with Crippen LogP contribution in [0.4, 0.5) is 0 Å². The molecule has 0 aliphatic carbocycles. The molecule has 0 fully saturated rings. The minimum absolute atomic E-state index is 0.269. The van der Waals surface area contributed by atoms with Crippen molar-refractivity contribution in [3.8, 4) is 0 Å². The van der Waals surface area contributed by atoms with Crippen molar-refractivity contribution < 1.29 is 18.4 Å². The van der Waals surface area contributed by atoms with E-state index in [1.165, 1.54) is 7.11 Å². The first-order valence-electron chi connectivity index (χ1n) is 2.81.